The molecule has 0 spiro atoms. The van der Waals surface area contributed by atoms with E-state index in [1.165, 1.54) is 47.2 Å². The van der Waals surface area contributed by atoms with Crippen molar-refractivity contribution in [2.45, 2.75) is 19.3 Å². The Morgan fingerprint density at radius 3 is 2.43 bits per heavy atom. The summed E-state index contributed by atoms with van der Waals surface area (Å²) in [7, 11) is 1.50. The third kappa shape index (κ3) is 5.13. The van der Waals surface area contributed by atoms with Crippen LogP contribution in [0.25, 0.3) is 5.69 Å². The predicted molar refractivity (Wildman–Crippen MR) is 98.6 cm³/mol. The molecule has 0 saturated carbocycles. The van der Waals surface area contributed by atoms with E-state index in [4.69, 9.17) is 0 Å². The minimum atomic E-state index is -4.41. The van der Waals surface area contributed by atoms with Crippen LogP contribution in [-0.2, 0) is 19.3 Å². The normalized spacial score (nSPS) is 11.4. The molecule has 0 aliphatic rings. The van der Waals surface area contributed by atoms with Gasteiger partial charge in [0.25, 0.3) is 0 Å². The molecule has 5 nitrogen and oxygen atoms in total. The fraction of sp³-hybridized carbons (Fsp3) is 0.200. The first-order valence-corrected chi connectivity index (χ1v) is 8.77. The van der Waals surface area contributed by atoms with Crippen molar-refractivity contribution in [3.8, 4) is 5.69 Å². The van der Waals surface area contributed by atoms with Crippen LogP contribution in [0.1, 0.15) is 16.7 Å². The van der Waals surface area contributed by atoms with Gasteiger partial charge in [-0.15, -0.1) is 0 Å². The SMILES string of the molecule is CN(Cc1ccc(C(F)(F)F)cc1)C(=O)NCc1cnn(-c2ccc(F)cc2F)c1. The van der Waals surface area contributed by atoms with Gasteiger partial charge in [0, 0.05) is 38.0 Å². The van der Waals surface area contributed by atoms with Gasteiger partial charge in [-0.3, -0.25) is 0 Å². The highest BCUT2D eigenvalue weighted by molar-refractivity contribution is 5.73. The van der Waals surface area contributed by atoms with E-state index in [0.29, 0.717) is 11.1 Å². The Balaban J connectivity index is 1.56. The number of nitrogens with zero attached hydrogens (tertiary/aromatic N) is 3. The molecule has 0 bridgehead atoms. The second-order valence-electron chi connectivity index (χ2n) is 6.60. The minimum absolute atomic E-state index is 0.0633. The van der Waals surface area contributed by atoms with E-state index in [1.54, 1.807) is 0 Å². The van der Waals surface area contributed by atoms with Gasteiger partial charge in [0.2, 0.25) is 0 Å². The van der Waals surface area contributed by atoms with Crippen LogP contribution in [0, 0.1) is 11.6 Å². The zero-order valence-corrected chi connectivity index (χ0v) is 15.8. The number of rotatable bonds is 5. The summed E-state index contributed by atoms with van der Waals surface area (Å²) in [5.41, 5.74) is 0.427. The standard InChI is InChI=1S/C20H17F5N4O/c1-28(11-13-2-4-15(5-3-13)20(23,24)25)19(30)26-9-14-10-27-29(12-14)18-7-6-16(21)8-17(18)22/h2-8,10,12H,9,11H2,1H3,(H,26,30). The average Bonchev–Trinajstić information content (AvgIpc) is 3.14. The van der Waals surface area contributed by atoms with Crippen LogP contribution in [0.2, 0.25) is 0 Å². The van der Waals surface area contributed by atoms with Crippen molar-refractivity contribution in [3.05, 3.63) is 83.2 Å². The van der Waals surface area contributed by atoms with Crippen LogP contribution in [0.15, 0.2) is 54.9 Å². The molecule has 0 saturated heterocycles. The van der Waals surface area contributed by atoms with Gasteiger partial charge in [-0.25, -0.2) is 18.3 Å². The number of carbonyl (C=O) groups excluding carboxylic acids is 1. The molecule has 0 aliphatic carbocycles. The van der Waals surface area contributed by atoms with Gasteiger partial charge in [-0.1, -0.05) is 12.1 Å². The molecule has 30 heavy (non-hydrogen) atoms. The van der Waals surface area contributed by atoms with E-state index in [2.05, 4.69) is 10.4 Å². The first kappa shape index (κ1) is 21.3. The van der Waals surface area contributed by atoms with Crippen LogP contribution in [0.4, 0.5) is 26.7 Å². The molecule has 0 atom stereocenters. The van der Waals surface area contributed by atoms with E-state index in [-0.39, 0.29) is 18.8 Å². The van der Waals surface area contributed by atoms with Gasteiger partial charge in [0.15, 0.2) is 5.82 Å². The molecule has 1 N–H and O–H groups in total. The van der Waals surface area contributed by atoms with E-state index < -0.39 is 29.4 Å². The maximum absolute atomic E-state index is 13.8. The minimum Gasteiger partial charge on any atom is -0.334 e. The summed E-state index contributed by atoms with van der Waals surface area (Å²) < 4.78 is 65.9. The molecule has 3 aromatic rings. The van der Waals surface area contributed by atoms with Crippen molar-refractivity contribution in [2.75, 3.05) is 7.05 Å². The van der Waals surface area contributed by atoms with E-state index in [1.807, 2.05) is 0 Å². The van der Waals surface area contributed by atoms with E-state index in [0.717, 1.165) is 24.3 Å². The topological polar surface area (TPSA) is 50.2 Å². The number of amides is 2. The maximum Gasteiger partial charge on any atom is 0.416 e. The molecule has 0 fully saturated rings. The summed E-state index contributed by atoms with van der Waals surface area (Å²) in [6.07, 6.45) is -1.49. The summed E-state index contributed by atoms with van der Waals surface area (Å²) in [6.45, 7) is 0.211. The van der Waals surface area contributed by atoms with Crippen molar-refractivity contribution in [1.82, 2.24) is 20.0 Å². The van der Waals surface area contributed by atoms with Crippen LogP contribution >= 0.6 is 0 Å². The van der Waals surface area contributed by atoms with Crippen LogP contribution < -0.4 is 5.32 Å². The average molecular weight is 424 g/mol. The number of benzene rings is 2. The molecule has 1 heterocycles. The quantitative estimate of drug-likeness (QED) is 0.613. The van der Waals surface area contributed by atoms with Gasteiger partial charge >= 0.3 is 12.2 Å². The first-order valence-electron chi connectivity index (χ1n) is 8.77. The summed E-state index contributed by atoms with van der Waals surface area (Å²) in [5.74, 6) is -1.48. The second kappa shape index (κ2) is 8.52. The molecular formula is C20H17F5N4O. The predicted octanol–water partition coefficient (Wildman–Crippen LogP) is 4.51. The van der Waals surface area contributed by atoms with Crippen LogP contribution in [-0.4, -0.2) is 27.8 Å². The summed E-state index contributed by atoms with van der Waals surface area (Å²) >= 11 is 0. The fourth-order valence-corrected chi connectivity index (χ4v) is 2.71. The van der Waals surface area contributed by atoms with Gasteiger partial charge < -0.3 is 10.2 Å². The number of aromatic nitrogens is 2. The Hall–Kier alpha value is -3.43. The third-order valence-corrected chi connectivity index (χ3v) is 4.28. The lowest BCUT2D eigenvalue weighted by atomic mass is 10.1. The molecule has 2 amide bonds. The van der Waals surface area contributed by atoms with Gasteiger partial charge in [-0.2, -0.15) is 18.3 Å². The van der Waals surface area contributed by atoms with Crippen LogP contribution in [0.3, 0.4) is 0 Å². The smallest absolute Gasteiger partial charge is 0.334 e. The van der Waals surface area contributed by atoms with Crippen molar-refractivity contribution in [1.29, 1.82) is 0 Å². The second-order valence-corrected chi connectivity index (χ2v) is 6.60. The van der Waals surface area contributed by atoms with Gasteiger partial charge in [-0.05, 0) is 29.8 Å². The number of urea groups is 1. The number of hydrogen-bond donors (Lipinski definition) is 1. The monoisotopic (exact) mass is 424 g/mol. The molecule has 158 valence electrons. The van der Waals surface area contributed by atoms with Crippen molar-refractivity contribution >= 4 is 6.03 Å². The number of alkyl halides is 3. The summed E-state index contributed by atoms with van der Waals surface area (Å²) in [4.78, 5) is 13.5. The van der Waals surface area contributed by atoms with Crippen LogP contribution in [0.5, 0.6) is 0 Å². The van der Waals surface area contributed by atoms with E-state index >= 15 is 0 Å². The molecule has 3 rings (SSSR count). The Morgan fingerprint density at radius 2 is 1.80 bits per heavy atom. The molecule has 1 aromatic heterocycles. The summed E-state index contributed by atoms with van der Waals surface area (Å²) in [6, 6.07) is 7.20. The van der Waals surface area contributed by atoms with Crippen molar-refractivity contribution < 1.29 is 26.7 Å². The molecule has 0 aliphatic heterocycles. The van der Waals surface area contributed by atoms with Crippen molar-refractivity contribution in [2.24, 2.45) is 0 Å². The van der Waals surface area contributed by atoms with Gasteiger partial charge in [0.1, 0.15) is 11.5 Å². The number of hydrogen-bond acceptors (Lipinski definition) is 2. The number of nitrogens with one attached hydrogen (secondary N) is 1. The molecule has 0 radical (unpaired) electrons. The lowest BCUT2D eigenvalue weighted by molar-refractivity contribution is -0.137. The first-order chi connectivity index (χ1) is 14.1. The largest absolute Gasteiger partial charge is 0.416 e. The summed E-state index contributed by atoms with van der Waals surface area (Å²) in [5, 5.41) is 6.64. The molecule has 10 heteroatoms. The lowest BCUT2D eigenvalue weighted by Crippen LogP contribution is -2.36. The van der Waals surface area contributed by atoms with Crippen molar-refractivity contribution in [3.63, 3.8) is 0 Å². The third-order valence-electron chi connectivity index (χ3n) is 4.28. The molecule has 0 unspecified atom stereocenters. The fourth-order valence-electron chi connectivity index (χ4n) is 2.71. The Morgan fingerprint density at radius 1 is 1.10 bits per heavy atom. The number of halogens is 5. The Labute approximate surface area is 168 Å². The van der Waals surface area contributed by atoms with Gasteiger partial charge in [0.05, 0.1) is 11.8 Å². The highest BCUT2D eigenvalue weighted by Gasteiger charge is 2.30. The Bertz CT molecular complexity index is 1030. The molecule has 2 aromatic carbocycles. The highest BCUT2D eigenvalue weighted by atomic mass is 19.4. The van der Waals surface area contributed by atoms with E-state index in [9.17, 15) is 26.7 Å². The zero-order chi connectivity index (χ0) is 21.9. The number of carbonyl (C=O) groups is 1. The highest BCUT2D eigenvalue weighted by Crippen LogP contribution is 2.29. The Kier molecular flexibility index (Phi) is 6.04. The maximum atomic E-state index is 13.8. The lowest BCUT2D eigenvalue weighted by Gasteiger charge is -2.18. The zero-order valence-electron chi connectivity index (χ0n) is 15.8. The molecular weight excluding hydrogens is 407 g/mol.